The molecule has 0 spiro atoms. The van der Waals surface area contributed by atoms with Gasteiger partial charge in [0.2, 0.25) is 0 Å². The predicted octanol–water partition coefficient (Wildman–Crippen LogP) is 3.10. The minimum absolute atomic E-state index is 0.171. The topological polar surface area (TPSA) is 17.1 Å². The van der Waals surface area contributed by atoms with Crippen molar-refractivity contribution < 1.29 is 9.18 Å². The third-order valence-electron chi connectivity index (χ3n) is 1.70. The van der Waals surface area contributed by atoms with Crippen LogP contribution in [0.2, 0.25) is 0 Å². The molecule has 0 radical (unpaired) electrons. The van der Waals surface area contributed by atoms with Crippen molar-refractivity contribution >= 4 is 21.7 Å². The van der Waals surface area contributed by atoms with Gasteiger partial charge in [-0.2, -0.15) is 0 Å². The van der Waals surface area contributed by atoms with Gasteiger partial charge >= 0.3 is 0 Å². The van der Waals surface area contributed by atoms with Crippen molar-refractivity contribution in [2.75, 3.05) is 0 Å². The fourth-order valence-electron chi connectivity index (χ4n) is 1.09. The van der Waals surface area contributed by atoms with Gasteiger partial charge in [-0.05, 0) is 31.5 Å². The number of halogens is 2. The van der Waals surface area contributed by atoms with Crippen LogP contribution in [0.25, 0.3) is 0 Å². The fraction of sp³-hybridized carbons (Fsp3) is 0.222. The van der Waals surface area contributed by atoms with Crippen LogP contribution in [0.15, 0.2) is 16.6 Å². The summed E-state index contributed by atoms with van der Waals surface area (Å²) >= 11 is 3.23. The second-order valence-corrected chi connectivity index (χ2v) is 3.44. The fourth-order valence-corrected chi connectivity index (χ4v) is 1.42. The SMILES string of the molecule is CC(=O)c1c(F)ccc(Br)c1C. The highest BCUT2D eigenvalue weighted by atomic mass is 79.9. The van der Waals surface area contributed by atoms with E-state index in [0.717, 1.165) is 4.47 Å². The Kier molecular flexibility index (Phi) is 2.62. The van der Waals surface area contributed by atoms with Crippen LogP contribution in [0, 0.1) is 12.7 Å². The first-order valence-corrected chi connectivity index (χ1v) is 4.29. The monoisotopic (exact) mass is 230 g/mol. The molecule has 0 aliphatic rings. The van der Waals surface area contributed by atoms with Gasteiger partial charge in [-0.25, -0.2) is 4.39 Å². The summed E-state index contributed by atoms with van der Waals surface area (Å²) in [6.45, 7) is 3.07. The highest BCUT2D eigenvalue weighted by Gasteiger charge is 2.11. The lowest BCUT2D eigenvalue weighted by Gasteiger charge is -2.04. The first kappa shape index (κ1) is 9.39. The molecule has 0 aromatic heterocycles. The highest BCUT2D eigenvalue weighted by Crippen LogP contribution is 2.22. The lowest BCUT2D eigenvalue weighted by molar-refractivity contribution is 0.101. The summed E-state index contributed by atoms with van der Waals surface area (Å²) in [5.74, 6) is -0.700. The van der Waals surface area contributed by atoms with Crippen LogP contribution in [0.3, 0.4) is 0 Å². The summed E-state index contributed by atoms with van der Waals surface area (Å²) in [4.78, 5) is 11.0. The molecule has 0 amide bonds. The molecule has 0 bridgehead atoms. The van der Waals surface area contributed by atoms with E-state index in [1.165, 1.54) is 13.0 Å². The maximum absolute atomic E-state index is 13.0. The Bertz CT molecular complexity index is 334. The molecule has 0 heterocycles. The van der Waals surface area contributed by atoms with Crippen molar-refractivity contribution in [1.82, 2.24) is 0 Å². The van der Waals surface area contributed by atoms with Gasteiger partial charge in [0.25, 0.3) is 0 Å². The average Bonchev–Trinajstić information content (AvgIpc) is 1.97. The predicted molar refractivity (Wildman–Crippen MR) is 48.8 cm³/mol. The lowest BCUT2D eigenvalue weighted by Crippen LogP contribution is -2.00. The molecule has 0 N–H and O–H groups in total. The Morgan fingerprint density at radius 3 is 2.50 bits per heavy atom. The van der Waals surface area contributed by atoms with E-state index in [2.05, 4.69) is 15.9 Å². The number of carbonyl (C=O) groups is 1. The minimum Gasteiger partial charge on any atom is -0.294 e. The van der Waals surface area contributed by atoms with Gasteiger partial charge in [0.05, 0.1) is 5.56 Å². The lowest BCUT2D eigenvalue weighted by atomic mass is 10.1. The van der Waals surface area contributed by atoms with Crippen molar-refractivity contribution in [2.24, 2.45) is 0 Å². The Morgan fingerprint density at radius 2 is 2.08 bits per heavy atom. The molecular weight excluding hydrogens is 223 g/mol. The summed E-state index contributed by atoms with van der Waals surface area (Å²) in [5, 5.41) is 0. The van der Waals surface area contributed by atoms with Crippen molar-refractivity contribution in [3.05, 3.63) is 33.5 Å². The molecule has 0 unspecified atom stereocenters. The van der Waals surface area contributed by atoms with Crippen molar-refractivity contribution in [2.45, 2.75) is 13.8 Å². The van der Waals surface area contributed by atoms with Gasteiger partial charge in [-0.15, -0.1) is 0 Å². The average molecular weight is 231 g/mol. The molecule has 0 aliphatic carbocycles. The Hall–Kier alpha value is -0.700. The molecule has 3 heteroatoms. The summed E-state index contributed by atoms with van der Waals surface area (Å²) < 4.78 is 13.8. The van der Waals surface area contributed by atoms with Crippen LogP contribution >= 0.6 is 15.9 Å². The third kappa shape index (κ3) is 1.55. The minimum atomic E-state index is -0.455. The molecule has 1 aromatic carbocycles. The number of benzene rings is 1. The largest absolute Gasteiger partial charge is 0.294 e. The zero-order valence-corrected chi connectivity index (χ0v) is 8.40. The summed E-state index contributed by atoms with van der Waals surface area (Å²) in [5.41, 5.74) is 0.826. The number of rotatable bonds is 1. The normalized spacial score (nSPS) is 10.0. The van der Waals surface area contributed by atoms with Crippen LogP contribution < -0.4 is 0 Å². The summed E-state index contributed by atoms with van der Waals surface area (Å²) in [7, 11) is 0. The first-order chi connectivity index (χ1) is 5.54. The molecule has 0 saturated heterocycles. The number of ketones is 1. The Morgan fingerprint density at radius 1 is 1.50 bits per heavy atom. The second kappa shape index (κ2) is 3.35. The summed E-state index contributed by atoms with van der Waals surface area (Å²) in [6.07, 6.45) is 0. The van der Waals surface area contributed by atoms with Gasteiger partial charge in [-0.3, -0.25) is 4.79 Å². The van der Waals surface area contributed by atoms with E-state index in [4.69, 9.17) is 0 Å². The number of hydrogen-bond acceptors (Lipinski definition) is 1. The van der Waals surface area contributed by atoms with Crippen molar-refractivity contribution in [3.8, 4) is 0 Å². The molecule has 1 aromatic rings. The molecular formula is C9H8BrFO. The van der Waals surface area contributed by atoms with Crippen LogP contribution in [0.5, 0.6) is 0 Å². The first-order valence-electron chi connectivity index (χ1n) is 3.49. The standard InChI is InChI=1S/C9H8BrFO/c1-5-7(10)3-4-8(11)9(5)6(2)12/h3-4H,1-2H3. The van der Waals surface area contributed by atoms with Crippen LogP contribution in [-0.2, 0) is 0 Å². The molecule has 0 aliphatic heterocycles. The van der Waals surface area contributed by atoms with E-state index in [9.17, 15) is 9.18 Å². The van der Waals surface area contributed by atoms with Crippen molar-refractivity contribution in [3.63, 3.8) is 0 Å². The van der Waals surface area contributed by atoms with E-state index in [-0.39, 0.29) is 11.3 Å². The third-order valence-corrected chi connectivity index (χ3v) is 2.56. The molecule has 0 fully saturated rings. The molecule has 64 valence electrons. The maximum atomic E-state index is 13.0. The second-order valence-electron chi connectivity index (χ2n) is 2.59. The zero-order chi connectivity index (χ0) is 9.30. The summed E-state index contributed by atoms with van der Waals surface area (Å²) in [6, 6.07) is 2.88. The smallest absolute Gasteiger partial charge is 0.163 e. The Balaban J connectivity index is 3.43. The molecule has 0 atom stereocenters. The zero-order valence-electron chi connectivity index (χ0n) is 6.82. The van der Waals surface area contributed by atoms with E-state index >= 15 is 0 Å². The molecule has 12 heavy (non-hydrogen) atoms. The highest BCUT2D eigenvalue weighted by molar-refractivity contribution is 9.10. The Labute approximate surface area is 78.7 Å². The van der Waals surface area contributed by atoms with Gasteiger partial charge in [0, 0.05) is 4.47 Å². The number of carbonyl (C=O) groups excluding carboxylic acids is 1. The molecule has 1 rings (SSSR count). The van der Waals surface area contributed by atoms with E-state index in [1.807, 2.05) is 0 Å². The van der Waals surface area contributed by atoms with E-state index in [1.54, 1.807) is 13.0 Å². The molecule has 0 saturated carbocycles. The van der Waals surface area contributed by atoms with Crippen molar-refractivity contribution in [1.29, 1.82) is 0 Å². The van der Waals surface area contributed by atoms with Gasteiger partial charge < -0.3 is 0 Å². The van der Waals surface area contributed by atoms with Gasteiger partial charge in [0.1, 0.15) is 5.82 Å². The van der Waals surface area contributed by atoms with Crippen LogP contribution in [-0.4, -0.2) is 5.78 Å². The number of hydrogen-bond donors (Lipinski definition) is 0. The van der Waals surface area contributed by atoms with E-state index in [0.29, 0.717) is 5.56 Å². The van der Waals surface area contributed by atoms with E-state index < -0.39 is 5.82 Å². The van der Waals surface area contributed by atoms with Gasteiger partial charge in [0.15, 0.2) is 5.78 Å². The maximum Gasteiger partial charge on any atom is 0.163 e. The molecule has 1 nitrogen and oxygen atoms in total. The van der Waals surface area contributed by atoms with Crippen LogP contribution in [0.1, 0.15) is 22.8 Å². The number of Topliss-reactive ketones (excluding diaryl/α,β-unsaturated/α-hetero) is 1. The van der Waals surface area contributed by atoms with Crippen LogP contribution in [0.4, 0.5) is 4.39 Å². The van der Waals surface area contributed by atoms with Gasteiger partial charge in [-0.1, -0.05) is 15.9 Å². The quantitative estimate of drug-likeness (QED) is 0.678.